The Bertz CT molecular complexity index is 1040. The summed E-state index contributed by atoms with van der Waals surface area (Å²) in [5, 5.41) is 1.34. The van der Waals surface area contributed by atoms with Gasteiger partial charge in [-0.15, -0.1) is 0 Å². The molecule has 1 aromatic heterocycles. The molecule has 4 aliphatic rings. The second-order valence-electron chi connectivity index (χ2n) is 10.7. The minimum atomic E-state index is 0.382. The van der Waals surface area contributed by atoms with Crippen LogP contribution in [0.2, 0.25) is 0 Å². The molecule has 4 nitrogen and oxygen atoms in total. The first-order valence-electron chi connectivity index (χ1n) is 13.0. The predicted molar refractivity (Wildman–Crippen MR) is 129 cm³/mol. The molecule has 170 valence electrons. The molecular weight excluding hydrogens is 394 g/mol. The van der Waals surface area contributed by atoms with E-state index in [1.807, 2.05) is 0 Å². The van der Waals surface area contributed by atoms with E-state index in [4.69, 9.17) is 0 Å². The molecule has 2 bridgehead atoms. The number of fused-ring (bicyclic) bond motifs is 7. The Labute approximate surface area is 192 Å². The molecule has 0 unspecified atom stereocenters. The lowest BCUT2D eigenvalue weighted by Crippen LogP contribution is -2.60. The van der Waals surface area contributed by atoms with E-state index in [0.29, 0.717) is 24.3 Å². The molecule has 3 saturated heterocycles. The van der Waals surface area contributed by atoms with Crippen LogP contribution in [0.1, 0.15) is 56.9 Å². The van der Waals surface area contributed by atoms with Gasteiger partial charge < -0.3 is 9.47 Å². The molecule has 32 heavy (non-hydrogen) atoms. The number of benzene rings is 1. The Balaban J connectivity index is 1.14. The maximum atomic E-state index is 13.4. The van der Waals surface area contributed by atoms with Gasteiger partial charge in [0, 0.05) is 49.7 Å². The number of para-hydroxylation sites is 1. The maximum absolute atomic E-state index is 13.4. The number of carbonyl (C=O) groups is 1. The Morgan fingerprint density at radius 3 is 2.97 bits per heavy atom. The van der Waals surface area contributed by atoms with Gasteiger partial charge in [-0.2, -0.15) is 0 Å². The Morgan fingerprint density at radius 1 is 1.12 bits per heavy atom. The third kappa shape index (κ3) is 3.51. The largest absolute Gasteiger partial charge is 0.350 e. The topological polar surface area (TPSA) is 28.5 Å². The molecule has 0 spiro atoms. The third-order valence-electron chi connectivity index (χ3n) is 8.79. The summed E-state index contributed by atoms with van der Waals surface area (Å²) in [5.74, 6) is 1.78. The van der Waals surface area contributed by atoms with Crippen LogP contribution >= 0.6 is 0 Å². The third-order valence-corrected chi connectivity index (χ3v) is 8.79. The molecule has 3 aliphatic heterocycles. The molecule has 4 atom stereocenters. The number of amides is 1. The van der Waals surface area contributed by atoms with E-state index in [0.717, 1.165) is 37.8 Å². The first-order chi connectivity index (χ1) is 15.7. The molecule has 3 fully saturated rings. The number of piperidine rings is 3. The van der Waals surface area contributed by atoms with Gasteiger partial charge in [0.1, 0.15) is 0 Å². The zero-order valence-corrected chi connectivity index (χ0v) is 19.5. The summed E-state index contributed by atoms with van der Waals surface area (Å²) < 4.78 is 2.21. The number of rotatable bonds is 4. The van der Waals surface area contributed by atoms with E-state index < -0.39 is 0 Å². The van der Waals surface area contributed by atoms with Crippen molar-refractivity contribution in [3.63, 3.8) is 0 Å². The van der Waals surface area contributed by atoms with Gasteiger partial charge in [-0.05, 0) is 75.0 Å². The summed E-state index contributed by atoms with van der Waals surface area (Å²) in [6, 6.07) is 9.77. The van der Waals surface area contributed by atoms with E-state index in [1.165, 1.54) is 61.7 Å². The predicted octanol–water partition coefficient (Wildman–Crippen LogP) is 4.92. The summed E-state index contributed by atoms with van der Waals surface area (Å²) in [6.45, 7) is 3.44. The summed E-state index contributed by atoms with van der Waals surface area (Å²) in [6.07, 6.45) is 15.3. The number of hydrogen-bond acceptors (Lipinski definition) is 2. The maximum Gasteiger partial charge on any atom is 0.223 e. The molecular formula is C28H37N3O. The molecule has 1 aliphatic carbocycles. The van der Waals surface area contributed by atoms with Crippen LogP contribution in [0.25, 0.3) is 10.9 Å². The van der Waals surface area contributed by atoms with Gasteiger partial charge in [0.25, 0.3) is 0 Å². The molecule has 1 aromatic carbocycles. The van der Waals surface area contributed by atoms with Crippen LogP contribution in [0.15, 0.2) is 42.1 Å². The normalized spacial score (nSPS) is 30.0. The average Bonchev–Trinajstić information content (AvgIpc) is 3.14. The minimum absolute atomic E-state index is 0.382. The van der Waals surface area contributed by atoms with E-state index in [2.05, 4.69) is 58.0 Å². The minimum Gasteiger partial charge on any atom is -0.350 e. The van der Waals surface area contributed by atoms with Gasteiger partial charge in [0.2, 0.25) is 5.91 Å². The lowest BCUT2D eigenvalue weighted by Gasteiger charge is -2.54. The van der Waals surface area contributed by atoms with Crippen molar-refractivity contribution in [1.29, 1.82) is 0 Å². The van der Waals surface area contributed by atoms with Crippen molar-refractivity contribution in [3.8, 4) is 0 Å². The van der Waals surface area contributed by atoms with Crippen LogP contribution in [0, 0.1) is 11.8 Å². The highest BCUT2D eigenvalue weighted by atomic mass is 16.2. The van der Waals surface area contributed by atoms with Crippen LogP contribution in [-0.2, 0) is 18.3 Å². The van der Waals surface area contributed by atoms with E-state index >= 15 is 0 Å². The number of hydrogen-bond donors (Lipinski definition) is 0. The number of carbonyl (C=O) groups excluding carboxylic acids is 1. The summed E-state index contributed by atoms with van der Waals surface area (Å²) in [4.78, 5) is 18.5. The second kappa shape index (κ2) is 8.37. The number of likely N-dealkylation sites (tertiary alicyclic amines) is 1. The summed E-state index contributed by atoms with van der Waals surface area (Å²) >= 11 is 0. The van der Waals surface area contributed by atoms with Gasteiger partial charge in [-0.1, -0.05) is 36.3 Å². The van der Waals surface area contributed by atoms with Gasteiger partial charge in [-0.3, -0.25) is 9.69 Å². The smallest absolute Gasteiger partial charge is 0.223 e. The van der Waals surface area contributed by atoms with Gasteiger partial charge in [-0.25, -0.2) is 0 Å². The monoisotopic (exact) mass is 431 g/mol. The second-order valence-corrected chi connectivity index (χ2v) is 10.7. The first-order valence-corrected chi connectivity index (χ1v) is 13.0. The fourth-order valence-corrected chi connectivity index (χ4v) is 7.45. The zero-order chi connectivity index (χ0) is 21.7. The summed E-state index contributed by atoms with van der Waals surface area (Å²) in [7, 11) is 2.12. The Morgan fingerprint density at radius 2 is 2.03 bits per heavy atom. The van der Waals surface area contributed by atoms with Crippen molar-refractivity contribution in [2.75, 3.05) is 19.6 Å². The Kier molecular flexibility index (Phi) is 5.37. The molecule has 0 radical (unpaired) electrons. The first kappa shape index (κ1) is 20.5. The number of aromatic nitrogens is 1. The average molecular weight is 432 g/mol. The zero-order valence-electron chi connectivity index (χ0n) is 19.5. The highest BCUT2D eigenvalue weighted by molar-refractivity contribution is 5.84. The molecule has 1 amide bonds. The van der Waals surface area contributed by atoms with Crippen LogP contribution in [-0.4, -0.2) is 52.0 Å². The van der Waals surface area contributed by atoms with Crippen molar-refractivity contribution in [2.24, 2.45) is 18.9 Å². The lowest BCUT2D eigenvalue weighted by atomic mass is 9.68. The SMILES string of the molecule is Cn1cc(CCCC(=O)N2CCCC3=C[C@H]4C[C@H](CN5CCCC[C@@H]45)[C@H]32)c2ccccc21. The van der Waals surface area contributed by atoms with E-state index in [-0.39, 0.29) is 0 Å². The highest BCUT2D eigenvalue weighted by Gasteiger charge is 2.46. The fourth-order valence-electron chi connectivity index (χ4n) is 7.45. The van der Waals surface area contributed by atoms with Crippen LogP contribution in [0.4, 0.5) is 0 Å². The van der Waals surface area contributed by atoms with Gasteiger partial charge in [0.15, 0.2) is 0 Å². The quantitative estimate of drug-likeness (QED) is 0.643. The Hall–Kier alpha value is -2.07. The molecule has 0 N–H and O–H groups in total. The lowest BCUT2D eigenvalue weighted by molar-refractivity contribution is -0.136. The molecule has 4 heteroatoms. The van der Waals surface area contributed by atoms with Crippen molar-refractivity contribution in [2.45, 2.75) is 69.9 Å². The number of aryl methyl sites for hydroxylation is 2. The molecule has 4 heterocycles. The molecule has 2 aromatic rings. The number of nitrogens with zero attached hydrogens (tertiary/aromatic N) is 3. The van der Waals surface area contributed by atoms with Crippen molar-refractivity contribution in [3.05, 3.63) is 47.7 Å². The van der Waals surface area contributed by atoms with Crippen molar-refractivity contribution in [1.82, 2.24) is 14.4 Å². The standard InChI is InChI=1S/C28H37N3O/c1-29-18-21(24-10-2-3-12-26(24)29)8-6-13-27(32)31-15-7-9-20-16-22-17-23(28(20)31)19-30-14-5-4-11-25(22)30/h2-3,10,12,16,18,22-23,25,28H,4-9,11,13-15,17,19H2,1H3/t22-,23+,25-,28-/m0/s1. The molecule has 0 saturated carbocycles. The van der Waals surface area contributed by atoms with E-state index in [1.54, 1.807) is 5.57 Å². The fraction of sp³-hybridized carbons (Fsp3) is 0.607. The van der Waals surface area contributed by atoms with Crippen molar-refractivity contribution >= 4 is 16.8 Å². The van der Waals surface area contributed by atoms with E-state index in [9.17, 15) is 4.79 Å². The van der Waals surface area contributed by atoms with Gasteiger partial charge >= 0.3 is 0 Å². The van der Waals surface area contributed by atoms with Crippen LogP contribution < -0.4 is 0 Å². The highest BCUT2D eigenvalue weighted by Crippen LogP contribution is 2.45. The van der Waals surface area contributed by atoms with Gasteiger partial charge in [0.05, 0.1) is 6.04 Å². The van der Waals surface area contributed by atoms with Crippen LogP contribution in [0.3, 0.4) is 0 Å². The molecule has 6 rings (SSSR count). The summed E-state index contributed by atoms with van der Waals surface area (Å²) in [5.41, 5.74) is 4.26. The van der Waals surface area contributed by atoms with Crippen molar-refractivity contribution < 1.29 is 4.79 Å². The van der Waals surface area contributed by atoms with Crippen LogP contribution in [0.5, 0.6) is 0 Å².